The van der Waals surface area contributed by atoms with Gasteiger partial charge in [-0.2, -0.15) is 0 Å². The molecule has 12 nitrogen and oxygen atoms in total. The molecule has 57 heavy (non-hydrogen) atoms. The van der Waals surface area contributed by atoms with Gasteiger partial charge in [-0.05, 0) is 112 Å². The summed E-state index contributed by atoms with van der Waals surface area (Å²) in [5, 5.41) is 1.77. The van der Waals surface area contributed by atoms with Crippen LogP contribution < -0.4 is 34.7 Å². The molecule has 2 aliphatic heterocycles. The average molecular weight is 818 g/mol. The highest BCUT2D eigenvalue weighted by Gasteiger charge is 2.39. The monoisotopic (exact) mass is 816 g/mol. The maximum atomic E-state index is 6.86. The van der Waals surface area contributed by atoms with Gasteiger partial charge in [-0.15, -0.1) is 24.8 Å². The predicted molar refractivity (Wildman–Crippen MR) is 230 cm³/mol. The lowest BCUT2D eigenvalue weighted by Crippen LogP contribution is -2.56. The number of hydrogen-bond donors (Lipinski definition) is 1. The van der Waals surface area contributed by atoms with Gasteiger partial charge in [0.25, 0.3) is 0 Å². The van der Waals surface area contributed by atoms with Crippen LogP contribution in [0.4, 0.5) is 11.9 Å². The van der Waals surface area contributed by atoms with Crippen molar-refractivity contribution in [3.8, 4) is 45.3 Å². The molecular weight excluding hydrogens is 763 g/mol. The highest BCUT2D eigenvalue weighted by atomic mass is 35.5. The number of halogens is 2. The summed E-state index contributed by atoms with van der Waals surface area (Å²) in [5.41, 5.74) is 5.16. The molecule has 2 unspecified atom stereocenters. The van der Waals surface area contributed by atoms with Crippen molar-refractivity contribution in [1.29, 1.82) is 0 Å². The van der Waals surface area contributed by atoms with Gasteiger partial charge in [-0.3, -0.25) is 9.91 Å². The number of hydrazine groups is 1. The Labute approximate surface area is 348 Å². The number of anilines is 2. The van der Waals surface area contributed by atoms with Crippen molar-refractivity contribution in [3.05, 3.63) is 97.1 Å². The summed E-state index contributed by atoms with van der Waals surface area (Å²) in [6.07, 6.45) is 11.3. The van der Waals surface area contributed by atoms with Crippen LogP contribution in [0.1, 0.15) is 45.1 Å². The number of aromatic nitrogens is 4. The van der Waals surface area contributed by atoms with E-state index in [0.717, 1.165) is 103 Å². The molecule has 0 spiro atoms. The lowest BCUT2D eigenvalue weighted by atomic mass is 9.82. The number of methoxy groups -OCH3 is 2. The number of hydrogen-bond acceptors (Lipinski definition) is 12. The van der Waals surface area contributed by atoms with Crippen molar-refractivity contribution in [2.24, 2.45) is 11.8 Å². The molecule has 0 bridgehead atoms. The quantitative estimate of drug-likeness (QED) is 0.0866. The van der Waals surface area contributed by atoms with E-state index in [1.165, 1.54) is 5.56 Å². The Morgan fingerprint density at radius 1 is 0.649 bits per heavy atom. The van der Waals surface area contributed by atoms with Crippen molar-refractivity contribution < 1.29 is 18.9 Å². The van der Waals surface area contributed by atoms with E-state index < -0.39 is 0 Å². The zero-order valence-electron chi connectivity index (χ0n) is 33.1. The van der Waals surface area contributed by atoms with Crippen LogP contribution in [0.5, 0.6) is 23.0 Å². The Morgan fingerprint density at radius 2 is 1.16 bits per heavy atom. The highest BCUT2D eigenvalue weighted by Crippen LogP contribution is 2.36. The molecule has 3 aromatic carbocycles. The molecule has 2 fully saturated rings. The number of piperidine rings is 2. The SMILES string of the molecule is CCOc1cc(CN2CCC(C3CC(N(N)c4ncc(-c5ccc(OC)cc5)cn4)CCN3c3ncc(-c4ccc(OC)cc4)cn3)CC2)cc(OCC)c1.Cl.Cl. The van der Waals surface area contributed by atoms with Gasteiger partial charge in [0.1, 0.15) is 23.0 Å². The van der Waals surface area contributed by atoms with Crippen LogP contribution in [-0.2, 0) is 6.54 Å². The third-order valence-electron chi connectivity index (χ3n) is 10.8. The standard InChI is InChI=1S/C43H52N8O4.2ClH/c1-5-54-39-21-30(22-40(24-39)55-6-2)29-49-18-15-33(16-19-49)41-23-36(51(44)43-47-27-35(28-48-43)32-9-13-38(53-4)14-10-32)17-20-50(41)42-45-25-34(26-46-42)31-7-11-37(52-3)12-8-31;;/h7-14,21-22,24-28,33,36,41H,5-6,15-20,23,29,44H2,1-4H3;2*1H. The van der Waals surface area contributed by atoms with Crippen LogP contribution in [0.15, 0.2) is 91.5 Å². The summed E-state index contributed by atoms with van der Waals surface area (Å²) in [5.74, 6) is 11.9. The fourth-order valence-corrected chi connectivity index (χ4v) is 7.85. The van der Waals surface area contributed by atoms with Crippen LogP contribution >= 0.6 is 24.8 Å². The molecule has 5 aromatic rings. The molecule has 0 radical (unpaired) electrons. The highest BCUT2D eigenvalue weighted by molar-refractivity contribution is 5.85. The van der Waals surface area contributed by atoms with E-state index in [0.29, 0.717) is 25.1 Å². The molecule has 2 aromatic heterocycles. The van der Waals surface area contributed by atoms with Gasteiger partial charge >= 0.3 is 0 Å². The van der Waals surface area contributed by atoms with Crippen LogP contribution in [0.25, 0.3) is 22.3 Å². The number of benzene rings is 3. The number of rotatable bonds is 14. The summed E-state index contributed by atoms with van der Waals surface area (Å²) in [4.78, 5) is 24.2. The molecule has 0 aliphatic carbocycles. The second-order valence-corrected chi connectivity index (χ2v) is 14.1. The van der Waals surface area contributed by atoms with Crippen molar-refractivity contribution in [3.63, 3.8) is 0 Å². The molecule has 14 heteroatoms. The lowest BCUT2D eigenvalue weighted by molar-refractivity contribution is 0.148. The smallest absolute Gasteiger partial charge is 0.240 e. The van der Waals surface area contributed by atoms with Gasteiger partial charge in [0.2, 0.25) is 11.9 Å². The Kier molecular flexibility index (Phi) is 15.6. The third kappa shape index (κ3) is 10.6. The summed E-state index contributed by atoms with van der Waals surface area (Å²) in [6.45, 7) is 8.86. The summed E-state index contributed by atoms with van der Waals surface area (Å²) in [7, 11) is 3.34. The second-order valence-electron chi connectivity index (χ2n) is 14.1. The maximum Gasteiger partial charge on any atom is 0.240 e. The first-order valence-electron chi connectivity index (χ1n) is 19.3. The molecule has 4 heterocycles. The molecule has 2 saturated heterocycles. The first-order valence-corrected chi connectivity index (χ1v) is 19.3. The zero-order valence-corrected chi connectivity index (χ0v) is 34.8. The number of ether oxygens (including phenoxy) is 4. The van der Waals surface area contributed by atoms with Gasteiger partial charge in [0, 0.05) is 61.1 Å². The van der Waals surface area contributed by atoms with Gasteiger partial charge in [0.05, 0.1) is 33.5 Å². The average Bonchev–Trinajstić information content (AvgIpc) is 3.24. The first kappa shape index (κ1) is 43.2. The van der Waals surface area contributed by atoms with Crippen LogP contribution in [0.2, 0.25) is 0 Å². The van der Waals surface area contributed by atoms with Crippen molar-refractivity contribution >= 4 is 36.7 Å². The van der Waals surface area contributed by atoms with E-state index >= 15 is 0 Å². The minimum absolute atomic E-state index is 0. The Hall–Kier alpha value is -4.88. The van der Waals surface area contributed by atoms with E-state index in [1.54, 1.807) is 19.2 Å². The molecule has 0 saturated carbocycles. The van der Waals surface area contributed by atoms with Crippen molar-refractivity contribution in [2.45, 2.75) is 58.2 Å². The molecule has 304 valence electrons. The van der Waals surface area contributed by atoms with E-state index in [4.69, 9.17) is 44.7 Å². The molecule has 2 atom stereocenters. The summed E-state index contributed by atoms with van der Waals surface area (Å²) >= 11 is 0. The lowest BCUT2D eigenvalue weighted by Gasteiger charge is -2.47. The van der Waals surface area contributed by atoms with E-state index in [1.807, 2.05) is 93.2 Å². The largest absolute Gasteiger partial charge is 0.497 e. The Balaban J connectivity index is 0.00000310. The predicted octanol–water partition coefficient (Wildman–Crippen LogP) is 7.89. The first-order chi connectivity index (χ1) is 26.9. The maximum absolute atomic E-state index is 6.86. The zero-order chi connectivity index (χ0) is 38.1. The molecule has 0 amide bonds. The normalized spacial score (nSPS) is 17.2. The van der Waals surface area contributed by atoms with E-state index in [-0.39, 0.29) is 36.9 Å². The van der Waals surface area contributed by atoms with E-state index in [2.05, 4.69) is 21.9 Å². The van der Waals surface area contributed by atoms with Gasteiger partial charge in [0.15, 0.2) is 0 Å². The minimum atomic E-state index is 0. The van der Waals surface area contributed by atoms with E-state index in [9.17, 15) is 0 Å². The molecule has 2 aliphatic rings. The second kappa shape index (κ2) is 20.5. The number of nitrogens with two attached hydrogens (primary N) is 1. The Bertz CT molecular complexity index is 1940. The van der Waals surface area contributed by atoms with Gasteiger partial charge < -0.3 is 23.8 Å². The summed E-state index contributed by atoms with van der Waals surface area (Å²) in [6, 6.07) is 22.4. The van der Waals surface area contributed by atoms with Gasteiger partial charge in [-0.1, -0.05) is 24.3 Å². The molecular formula is C43H54Cl2N8O4. The van der Waals surface area contributed by atoms with Crippen LogP contribution in [-0.4, -0.2) is 84.0 Å². The van der Waals surface area contributed by atoms with Crippen molar-refractivity contribution in [1.82, 2.24) is 24.8 Å². The molecule has 7 rings (SSSR count). The van der Waals surface area contributed by atoms with Crippen LogP contribution in [0, 0.1) is 5.92 Å². The fourth-order valence-electron chi connectivity index (χ4n) is 7.85. The van der Waals surface area contributed by atoms with Crippen LogP contribution in [0.3, 0.4) is 0 Å². The molecule has 2 N–H and O–H groups in total. The number of nitrogens with zero attached hydrogens (tertiary/aromatic N) is 7. The summed E-state index contributed by atoms with van der Waals surface area (Å²) < 4.78 is 22.4. The topological polar surface area (TPSA) is 124 Å². The number of likely N-dealkylation sites (tertiary alicyclic amines) is 1. The van der Waals surface area contributed by atoms with Gasteiger partial charge in [-0.25, -0.2) is 25.8 Å². The fraction of sp³-hybridized carbons (Fsp3) is 0.395. The van der Waals surface area contributed by atoms with Crippen molar-refractivity contribution in [2.75, 3.05) is 57.0 Å². The Morgan fingerprint density at radius 3 is 1.65 bits per heavy atom. The third-order valence-corrected chi connectivity index (χ3v) is 10.8. The minimum Gasteiger partial charge on any atom is -0.497 e.